The van der Waals surface area contributed by atoms with Gasteiger partial charge < -0.3 is 20.3 Å². The van der Waals surface area contributed by atoms with Crippen LogP contribution in [-0.2, 0) is 20.8 Å². The highest BCUT2D eigenvalue weighted by Gasteiger charge is 2.11. The second-order valence-corrected chi connectivity index (χ2v) is 3.80. The molecule has 1 heterocycles. The zero-order chi connectivity index (χ0) is 13.5. The van der Waals surface area contributed by atoms with Gasteiger partial charge in [0, 0.05) is 0 Å². The summed E-state index contributed by atoms with van der Waals surface area (Å²) >= 11 is 0. The second kappa shape index (κ2) is 6.97. The SMILES string of the molecule is Cc1nn(CC(=O)OCCOCCO)c(C)c1N. The van der Waals surface area contributed by atoms with Crippen LogP contribution in [0.25, 0.3) is 0 Å². The first-order chi connectivity index (χ1) is 8.56. The molecule has 0 saturated heterocycles. The van der Waals surface area contributed by atoms with Gasteiger partial charge in [-0.25, -0.2) is 0 Å². The molecular formula is C11H19N3O4. The molecule has 7 heteroatoms. The summed E-state index contributed by atoms with van der Waals surface area (Å²) in [4.78, 5) is 11.5. The molecule has 0 radical (unpaired) electrons. The van der Waals surface area contributed by atoms with Gasteiger partial charge >= 0.3 is 5.97 Å². The number of aromatic nitrogens is 2. The molecule has 0 aromatic carbocycles. The molecule has 102 valence electrons. The third-order valence-electron chi connectivity index (χ3n) is 2.44. The Balaban J connectivity index is 2.33. The molecule has 0 saturated carbocycles. The number of nitrogen functional groups attached to an aromatic ring is 1. The number of ether oxygens (including phenoxy) is 2. The number of aryl methyl sites for hydroxylation is 1. The number of hydrogen-bond donors (Lipinski definition) is 2. The molecule has 0 bridgehead atoms. The van der Waals surface area contributed by atoms with Crippen LogP contribution in [0.3, 0.4) is 0 Å². The van der Waals surface area contributed by atoms with E-state index in [1.807, 2.05) is 0 Å². The van der Waals surface area contributed by atoms with Gasteiger partial charge in [-0.15, -0.1) is 0 Å². The van der Waals surface area contributed by atoms with E-state index in [9.17, 15) is 4.79 Å². The van der Waals surface area contributed by atoms with Crippen LogP contribution in [0, 0.1) is 13.8 Å². The molecule has 18 heavy (non-hydrogen) atoms. The number of esters is 1. The largest absolute Gasteiger partial charge is 0.462 e. The number of carbonyl (C=O) groups is 1. The van der Waals surface area contributed by atoms with Crippen molar-refractivity contribution in [2.45, 2.75) is 20.4 Å². The maximum atomic E-state index is 11.5. The van der Waals surface area contributed by atoms with Crippen molar-refractivity contribution < 1.29 is 19.4 Å². The normalized spacial score (nSPS) is 10.6. The highest BCUT2D eigenvalue weighted by atomic mass is 16.6. The fourth-order valence-electron chi connectivity index (χ4n) is 1.41. The van der Waals surface area contributed by atoms with Crippen molar-refractivity contribution in [2.24, 2.45) is 0 Å². The molecule has 0 spiro atoms. The molecular weight excluding hydrogens is 238 g/mol. The predicted molar refractivity (Wildman–Crippen MR) is 65.0 cm³/mol. The summed E-state index contributed by atoms with van der Waals surface area (Å²) in [5.74, 6) is -0.395. The van der Waals surface area contributed by atoms with E-state index in [1.54, 1.807) is 13.8 Å². The van der Waals surface area contributed by atoms with Gasteiger partial charge in [-0.3, -0.25) is 9.48 Å². The van der Waals surface area contributed by atoms with Gasteiger partial charge in [-0.2, -0.15) is 5.10 Å². The first kappa shape index (κ1) is 14.5. The third kappa shape index (κ3) is 4.01. The Bertz CT molecular complexity index is 403. The van der Waals surface area contributed by atoms with Crippen LogP contribution >= 0.6 is 0 Å². The van der Waals surface area contributed by atoms with E-state index in [4.69, 9.17) is 20.3 Å². The van der Waals surface area contributed by atoms with E-state index < -0.39 is 5.97 Å². The molecule has 0 aliphatic carbocycles. The smallest absolute Gasteiger partial charge is 0.327 e. The van der Waals surface area contributed by atoms with E-state index in [1.165, 1.54) is 4.68 Å². The number of hydrogen-bond acceptors (Lipinski definition) is 6. The lowest BCUT2D eigenvalue weighted by Crippen LogP contribution is -2.18. The standard InChI is InChI=1S/C11H19N3O4/c1-8-11(12)9(2)14(13-8)7-10(16)18-6-5-17-4-3-15/h15H,3-7,12H2,1-2H3. The van der Waals surface area contributed by atoms with Gasteiger partial charge in [-0.05, 0) is 13.8 Å². The van der Waals surface area contributed by atoms with E-state index in [2.05, 4.69) is 5.10 Å². The minimum absolute atomic E-state index is 0.0316. The Hall–Kier alpha value is -1.60. The molecule has 0 unspecified atom stereocenters. The van der Waals surface area contributed by atoms with Crippen LogP contribution in [0.2, 0.25) is 0 Å². The molecule has 0 aliphatic heterocycles. The fourth-order valence-corrected chi connectivity index (χ4v) is 1.41. The number of aliphatic hydroxyl groups excluding tert-OH is 1. The minimum atomic E-state index is -0.395. The Morgan fingerprint density at radius 3 is 2.67 bits per heavy atom. The molecule has 0 amide bonds. The van der Waals surface area contributed by atoms with Crippen LogP contribution in [0.15, 0.2) is 0 Å². The van der Waals surface area contributed by atoms with Crippen molar-refractivity contribution in [3.8, 4) is 0 Å². The summed E-state index contributed by atoms with van der Waals surface area (Å²) < 4.78 is 11.4. The molecule has 1 aromatic rings. The van der Waals surface area contributed by atoms with Gasteiger partial charge in [0.2, 0.25) is 0 Å². The van der Waals surface area contributed by atoms with Gasteiger partial charge in [0.1, 0.15) is 13.2 Å². The lowest BCUT2D eigenvalue weighted by molar-refractivity contribution is -0.146. The maximum absolute atomic E-state index is 11.5. The van der Waals surface area contributed by atoms with Crippen molar-refractivity contribution in [2.75, 3.05) is 32.2 Å². The van der Waals surface area contributed by atoms with Crippen molar-refractivity contribution in [1.82, 2.24) is 9.78 Å². The third-order valence-corrected chi connectivity index (χ3v) is 2.44. The van der Waals surface area contributed by atoms with Crippen LogP contribution in [0.1, 0.15) is 11.4 Å². The Labute approximate surface area is 105 Å². The maximum Gasteiger partial charge on any atom is 0.327 e. The molecule has 3 N–H and O–H groups in total. The summed E-state index contributed by atoms with van der Waals surface area (Å²) in [6.07, 6.45) is 0. The average molecular weight is 257 g/mol. The zero-order valence-corrected chi connectivity index (χ0v) is 10.7. The van der Waals surface area contributed by atoms with Gasteiger partial charge in [0.05, 0.1) is 36.9 Å². The van der Waals surface area contributed by atoms with E-state index in [0.717, 1.165) is 5.69 Å². The van der Waals surface area contributed by atoms with Crippen molar-refractivity contribution in [3.05, 3.63) is 11.4 Å². The van der Waals surface area contributed by atoms with Crippen molar-refractivity contribution >= 4 is 11.7 Å². The topological polar surface area (TPSA) is 99.6 Å². The highest BCUT2D eigenvalue weighted by molar-refractivity contribution is 5.69. The number of nitrogens with zero attached hydrogens (tertiary/aromatic N) is 2. The highest BCUT2D eigenvalue weighted by Crippen LogP contribution is 2.14. The number of carbonyl (C=O) groups excluding carboxylic acids is 1. The number of aliphatic hydroxyl groups is 1. The summed E-state index contributed by atoms with van der Waals surface area (Å²) in [6, 6.07) is 0. The summed E-state index contributed by atoms with van der Waals surface area (Å²) in [5.41, 5.74) is 7.80. The summed E-state index contributed by atoms with van der Waals surface area (Å²) in [7, 11) is 0. The van der Waals surface area contributed by atoms with Gasteiger partial charge in [0.15, 0.2) is 0 Å². The van der Waals surface area contributed by atoms with Gasteiger partial charge in [-0.1, -0.05) is 0 Å². The average Bonchev–Trinajstić information content (AvgIpc) is 2.57. The van der Waals surface area contributed by atoms with E-state index in [0.29, 0.717) is 11.4 Å². The number of anilines is 1. The molecule has 1 aromatic heterocycles. The summed E-state index contributed by atoms with van der Waals surface area (Å²) in [6.45, 7) is 4.24. The molecule has 0 aliphatic rings. The first-order valence-corrected chi connectivity index (χ1v) is 5.70. The molecule has 0 fully saturated rings. The first-order valence-electron chi connectivity index (χ1n) is 5.70. The lowest BCUT2D eigenvalue weighted by atomic mass is 10.3. The number of rotatable bonds is 7. The Kier molecular flexibility index (Phi) is 5.60. The molecule has 1 rings (SSSR count). The van der Waals surface area contributed by atoms with E-state index in [-0.39, 0.29) is 33.0 Å². The second-order valence-electron chi connectivity index (χ2n) is 3.80. The van der Waals surface area contributed by atoms with Crippen LogP contribution in [-0.4, -0.2) is 47.3 Å². The van der Waals surface area contributed by atoms with Crippen LogP contribution < -0.4 is 5.73 Å². The lowest BCUT2D eigenvalue weighted by Gasteiger charge is -2.06. The molecule has 0 atom stereocenters. The fraction of sp³-hybridized carbons (Fsp3) is 0.636. The monoisotopic (exact) mass is 257 g/mol. The van der Waals surface area contributed by atoms with E-state index >= 15 is 0 Å². The zero-order valence-electron chi connectivity index (χ0n) is 10.7. The quantitative estimate of drug-likeness (QED) is 0.511. The van der Waals surface area contributed by atoms with Crippen LogP contribution in [0.4, 0.5) is 5.69 Å². The number of nitrogens with two attached hydrogens (primary N) is 1. The minimum Gasteiger partial charge on any atom is -0.462 e. The van der Waals surface area contributed by atoms with Gasteiger partial charge in [0.25, 0.3) is 0 Å². The Morgan fingerprint density at radius 2 is 2.11 bits per heavy atom. The summed E-state index contributed by atoms with van der Waals surface area (Å²) in [5, 5.41) is 12.6. The Morgan fingerprint density at radius 1 is 1.39 bits per heavy atom. The van der Waals surface area contributed by atoms with Crippen LogP contribution in [0.5, 0.6) is 0 Å². The van der Waals surface area contributed by atoms with Crippen molar-refractivity contribution in [1.29, 1.82) is 0 Å². The van der Waals surface area contributed by atoms with Crippen molar-refractivity contribution in [3.63, 3.8) is 0 Å². The molecule has 7 nitrogen and oxygen atoms in total. The predicted octanol–water partition coefficient (Wildman–Crippen LogP) is -0.366.